The van der Waals surface area contributed by atoms with Crippen LogP contribution in [0.15, 0.2) is 0 Å². The van der Waals surface area contributed by atoms with Crippen molar-refractivity contribution in [2.24, 2.45) is 0 Å². The van der Waals surface area contributed by atoms with Gasteiger partial charge in [0.25, 0.3) is 0 Å². The Morgan fingerprint density at radius 1 is 1.14 bits per heavy atom. The standard InChI is InChI=1S/C15H26N2O4/c1-14(2)11-21-10-9-17(14)13(20)16-15(12(18)19)7-5-3-4-6-8-15/h3-11H2,1-2H3,(H,16,20)(H,18,19). The van der Waals surface area contributed by atoms with E-state index in [9.17, 15) is 14.7 Å². The molecule has 0 bridgehead atoms. The van der Waals surface area contributed by atoms with Gasteiger partial charge in [-0.1, -0.05) is 25.7 Å². The van der Waals surface area contributed by atoms with E-state index in [0.29, 0.717) is 32.6 Å². The highest BCUT2D eigenvalue weighted by Crippen LogP contribution is 2.29. The predicted molar refractivity (Wildman–Crippen MR) is 78.2 cm³/mol. The summed E-state index contributed by atoms with van der Waals surface area (Å²) >= 11 is 0. The van der Waals surface area contributed by atoms with Crippen molar-refractivity contribution in [3.63, 3.8) is 0 Å². The van der Waals surface area contributed by atoms with Crippen molar-refractivity contribution in [1.29, 1.82) is 0 Å². The molecule has 0 spiro atoms. The van der Waals surface area contributed by atoms with Crippen LogP contribution in [0.25, 0.3) is 0 Å². The Morgan fingerprint density at radius 2 is 1.76 bits per heavy atom. The molecule has 0 atom stereocenters. The molecule has 0 aromatic carbocycles. The van der Waals surface area contributed by atoms with Crippen LogP contribution in [0, 0.1) is 0 Å². The van der Waals surface area contributed by atoms with Gasteiger partial charge in [0.05, 0.1) is 18.8 Å². The number of amides is 2. The van der Waals surface area contributed by atoms with Gasteiger partial charge in [-0.3, -0.25) is 0 Å². The maximum absolute atomic E-state index is 12.6. The molecular formula is C15H26N2O4. The molecule has 0 unspecified atom stereocenters. The Bertz CT molecular complexity index is 400. The SMILES string of the molecule is CC1(C)COCCN1C(=O)NC1(C(=O)O)CCCCCC1. The molecule has 0 radical (unpaired) electrons. The van der Waals surface area contributed by atoms with E-state index in [4.69, 9.17) is 4.74 Å². The van der Waals surface area contributed by atoms with E-state index in [2.05, 4.69) is 5.32 Å². The van der Waals surface area contributed by atoms with Crippen LogP contribution in [0.5, 0.6) is 0 Å². The van der Waals surface area contributed by atoms with Crippen molar-refractivity contribution in [3.8, 4) is 0 Å². The van der Waals surface area contributed by atoms with Crippen molar-refractivity contribution in [3.05, 3.63) is 0 Å². The summed E-state index contributed by atoms with van der Waals surface area (Å²) in [4.78, 5) is 26.1. The number of morpholine rings is 1. The van der Waals surface area contributed by atoms with E-state index in [-0.39, 0.29) is 6.03 Å². The zero-order valence-corrected chi connectivity index (χ0v) is 13.0. The molecule has 6 heteroatoms. The van der Waals surface area contributed by atoms with Crippen molar-refractivity contribution in [2.75, 3.05) is 19.8 Å². The van der Waals surface area contributed by atoms with Crippen molar-refractivity contribution in [1.82, 2.24) is 10.2 Å². The highest BCUT2D eigenvalue weighted by atomic mass is 16.5. The Morgan fingerprint density at radius 3 is 2.29 bits per heavy atom. The molecule has 1 heterocycles. The van der Waals surface area contributed by atoms with E-state index >= 15 is 0 Å². The van der Waals surface area contributed by atoms with E-state index in [1.807, 2.05) is 13.8 Å². The first-order valence-corrected chi connectivity index (χ1v) is 7.78. The lowest BCUT2D eigenvalue weighted by molar-refractivity contribution is -0.145. The number of carbonyl (C=O) groups excluding carboxylic acids is 1. The van der Waals surface area contributed by atoms with Gasteiger partial charge in [-0.05, 0) is 26.7 Å². The molecular weight excluding hydrogens is 272 g/mol. The molecule has 2 N–H and O–H groups in total. The average Bonchev–Trinajstić information content (AvgIpc) is 2.64. The van der Waals surface area contributed by atoms with Gasteiger partial charge in [0, 0.05) is 6.54 Å². The average molecular weight is 298 g/mol. The summed E-state index contributed by atoms with van der Waals surface area (Å²) in [5, 5.41) is 12.5. The number of carboxylic acids is 1. The van der Waals surface area contributed by atoms with Gasteiger partial charge in [-0.25, -0.2) is 9.59 Å². The largest absolute Gasteiger partial charge is 0.480 e. The van der Waals surface area contributed by atoms with Gasteiger partial charge in [0.2, 0.25) is 0 Å². The molecule has 1 aliphatic heterocycles. The molecule has 0 aromatic heterocycles. The number of ether oxygens (including phenoxy) is 1. The first kappa shape index (κ1) is 16.1. The van der Waals surface area contributed by atoms with Crippen molar-refractivity contribution >= 4 is 12.0 Å². The van der Waals surface area contributed by atoms with Gasteiger partial charge >= 0.3 is 12.0 Å². The Hall–Kier alpha value is -1.30. The Labute approximate surface area is 125 Å². The number of carbonyl (C=O) groups is 2. The van der Waals surface area contributed by atoms with Crippen LogP contribution in [0.1, 0.15) is 52.4 Å². The first-order valence-electron chi connectivity index (χ1n) is 7.78. The van der Waals surface area contributed by atoms with Crippen LogP contribution in [-0.4, -0.2) is 52.8 Å². The molecule has 0 aromatic rings. The molecule has 21 heavy (non-hydrogen) atoms. The highest BCUT2D eigenvalue weighted by molar-refractivity contribution is 5.86. The molecule has 2 aliphatic rings. The lowest BCUT2D eigenvalue weighted by Gasteiger charge is -2.43. The topological polar surface area (TPSA) is 78.9 Å². The normalized spacial score (nSPS) is 25.0. The van der Waals surface area contributed by atoms with Gasteiger partial charge < -0.3 is 20.1 Å². The summed E-state index contributed by atoms with van der Waals surface area (Å²) in [6.45, 7) is 5.34. The lowest BCUT2D eigenvalue weighted by Crippen LogP contribution is -2.64. The maximum atomic E-state index is 12.6. The lowest BCUT2D eigenvalue weighted by atomic mass is 9.90. The zero-order chi connectivity index (χ0) is 15.5. The fraction of sp³-hybridized carbons (Fsp3) is 0.867. The summed E-state index contributed by atoms with van der Waals surface area (Å²) in [6, 6.07) is -0.285. The summed E-state index contributed by atoms with van der Waals surface area (Å²) in [6.07, 6.45) is 4.79. The van der Waals surface area contributed by atoms with Gasteiger partial charge in [0.15, 0.2) is 0 Å². The van der Waals surface area contributed by atoms with Crippen LogP contribution in [-0.2, 0) is 9.53 Å². The quantitative estimate of drug-likeness (QED) is 0.764. The van der Waals surface area contributed by atoms with Crippen LogP contribution >= 0.6 is 0 Å². The molecule has 120 valence electrons. The minimum absolute atomic E-state index is 0.285. The number of nitrogens with zero attached hydrogens (tertiary/aromatic N) is 1. The molecule has 1 aliphatic carbocycles. The Balaban J connectivity index is 2.12. The monoisotopic (exact) mass is 298 g/mol. The van der Waals surface area contributed by atoms with E-state index in [0.717, 1.165) is 25.7 Å². The number of nitrogens with one attached hydrogen (secondary N) is 1. The second kappa shape index (κ2) is 6.22. The van der Waals surface area contributed by atoms with E-state index in [1.165, 1.54) is 0 Å². The van der Waals surface area contributed by atoms with E-state index < -0.39 is 17.0 Å². The third-order valence-electron chi connectivity index (χ3n) is 4.60. The summed E-state index contributed by atoms with van der Waals surface area (Å²) in [5.74, 6) is -0.913. The maximum Gasteiger partial charge on any atom is 0.329 e. The summed E-state index contributed by atoms with van der Waals surface area (Å²) in [5.41, 5.74) is -1.52. The molecule has 1 saturated carbocycles. The fourth-order valence-electron chi connectivity index (χ4n) is 3.23. The van der Waals surface area contributed by atoms with Crippen LogP contribution < -0.4 is 5.32 Å². The van der Waals surface area contributed by atoms with Crippen LogP contribution in [0.4, 0.5) is 4.79 Å². The first-order chi connectivity index (χ1) is 9.87. The summed E-state index contributed by atoms with van der Waals surface area (Å²) < 4.78 is 5.41. The van der Waals surface area contributed by atoms with Gasteiger partial charge in [-0.2, -0.15) is 0 Å². The third kappa shape index (κ3) is 3.48. The number of urea groups is 1. The van der Waals surface area contributed by atoms with Crippen LogP contribution in [0.2, 0.25) is 0 Å². The number of aliphatic carboxylic acids is 1. The molecule has 2 fully saturated rings. The van der Waals surface area contributed by atoms with E-state index in [1.54, 1.807) is 4.90 Å². The number of hydrogen-bond acceptors (Lipinski definition) is 3. The number of rotatable bonds is 2. The predicted octanol–water partition coefficient (Wildman–Crippen LogP) is 1.98. The summed E-state index contributed by atoms with van der Waals surface area (Å²) in [7, 11) is 0. The third-order valence-corrected chi connectivity index (χ3v) is 4.60. The number of hydrogen-bond donors (Lipinski definition) is 2. The minimum atomic E-state index is -1.11. The molecule has 6 nitrogen and oxygen atoms in total. The fourth-order valence-corrected chi connectivity index (χ4v) is 3.23. The smallest absolute Gasteiger partial charge is 0.329 e. The van der Waals surface area contributed by atoms with Gasteiger partial charge in [-0.15, -0.1) is 0 Å². The van der Waals surface area contributed by atoms with Crippen molar-refractivity contribution in [2.45, 2.75) is 63.5 Å². The molecule has 2 rings (SSSR count). The van der Waals surface area contributed by atoms with Gasteiger partial charge in [0.1, 0.15) is 5.54 Å². The Kier molecular flexibility index (Phi) is 4.76. The van der Waals surface area contributed by atoms with Crippen LogP contribution in [0.3, 0.4) is 0 Å². The molecule has 1 saturated heterocycles. The second-order valence-corrected chi connectivity index (χ2v) is 6.75. The minimum Gasteiger partial charge on any atom is -0.480 e. The van der Waals surface area contributed by atoms with Crippen molar-refractivity contribution < 1.29 is 19.4 Å². The second-order valence-electron chi connectivity index (χ2n) is 6.75. The molecule has 2 amide bonds. The number of carboxylic acid groups (broad SMARTS) is 1. The highest BCUT2D eigenvalue weighted by Gasteiger charge is 2.43. The zero-order valence-electron chi connectivity index (χ0n) is 13.0.